The van der Waals surface area contributed by atoms with Gasteiger partial charge in [-0.05, 0) is 6.07 Å². The molecule has 2 heterocycles. The summed E-state index contributed by atoms with van der Waals surface area (Å²) in [5.41, 5.74) is 2.02. The standard InChI is InChI=1S/C19H13N3O2S/c23-17-14-9-5-4-8-13(14)15(18(24)22-17)10-20-19-21-16(11-25-19)12-6-2-1-3-7-12/h1-11H,(H2,22,23,24)/b20-10+. The number of pyridine rings is 1. The lowest BCUT2D eigenvalue weighted by Crippen LogP contribution is -2.07. The largest absolute Gasteiger partial charge is 0.494 e. The Morgan fingerprint density at radius 2 is 1.76 bits per heavy atom. The number of aromatic amines is 1. The second-order valence-corrected chi connectivity index (χ2v) is 6.24. The molecule has 0 saturated carbocycles. The number of nitrogens with one attached hydrogen (secondary N) is 1. The van der Waals surface area contributed by atoms with E-state index in [2.05, 4.69) is 15.0 Å². The molecule has 0 saturated heterocycles. The number of hydrogen-bond acceptors (Lipinski definition) is 5. The first-order chi connectivity index (χ1) is 12.2. The minimum absolute atomic E-state index is 0.202. The van der Waals surface area contributed by atoms with Crippen molar-refractivity contribution in [2.24, 2.45) is 4.99 Å². The second kappa shape index (κ2) is 6.33. The fraction of sp³-hybridized carbons (Fsp3) is 0. The van der Waals surface area contributed by atoms with Gasteiger partial charge in [-0.3, -0.25) is 9.78 Å². The summed E-state index contributed by atoms with van der Waals surface area (Å²) in [4.78, 5) is 23.2. The summed E-state index contributed by atoms with van der Waals surface area (Å²) >= 11 is 1.42. The summed E-state index contributed by atoms with van der Waals surface area (Å²) in [6.45, 7) is 0. The van der Waals surface area contributed by atoms with Crippen LogP contribution in [0.5, 0.6) is 5.88 Å². The van der Waals surface area contributed by atoms with Crippen molar-refractivity contribution in [3.63, 3.8) is 0 Å². The normalized spacial score (nSPS) is 11.4. The van der Waals surface area contributed by atoms with Crippen molar-refractivity contribution >= 4 is 33.5 Å². The molecule has 0 amide bonds. The van der Waals surface area contributed by atoms with Crippen LogP contribution >= 0.6 is 11.3 Å². The average Bonchev–Trinajstić information content (AvgIpc) is 3.11. The molecule has 0 fully saturated rings. The highest BCUT2D eigenvalue weighted by Gasteiger charge is 2.09. The maximum Gasteiger partial charge on any atom is 0.258 e. The van der Waals surface area contributed by atoms with Gasteiger partial charge in [0.1, 0.15) is 0 Å². The van der Waals surface area contributed by atoms with Crippen LogP contribution in [0.4, 0.5) is 5.13 Å². The van der Waals surface area contributed by atoms with Crippen molar-refractivity contribution in [1.82, 2.24) is 9.97 Å². The summed E-state index contributed by atoms with van der Waals surface area (Å²) in [5, 5.41) is 13.8. The molecule has 0 bridgehead atoms. The van der Waals surface area contributed by atoms with E-state index in [0.717, 1.165) is 11.3 Å². The number of hydrogen-bond donors (Lipinski definition) is 2. The maximum atomic E-state index is 11.9. The Balaban J connectivity index is 1.73. The molecule has 0 aliphatic rings. The van der Waals surface area contributed by atoms with E-state index in [9.17, 15) is 9.90 Å². The van der Waals surface area contributed by atoms with Gasteiger partial charge in [0, 0.05) is 27.9 Å². The third-order valence-electron chi connectivity index (χ3n) is 3.81. The molecule has 4 rings (SSSR count). The summed E-state index contributed by atoms with van der Waals surface area (Å²) < 4.78 is 0. The molecule has 0 aliphatic heterocycles. The van der Waals surface area contributed by atoms with E-state index in [1.807, 2.05) is 41.8 Å². The predicted octanol–water partition coefficient (Wildman–Crippen LogP) is 4.11. The van der Waals surface area contributed by atoms with Gasteiger partial charge < -0.3 is 5.11 Å². The molecule has 122 valence electrons. The molecule has 2 N–H and O–H groups in total. The molecule has 0 unspecified atom stereocenters. The third kappa shape index (κ3) is 2.95. The van der Waals surface area contributed by atoms with Gasteiger partial charge in [-0.15, -0.1) is 11.3 Å². The van der Waals surface area contributed by atoms with E-state index in [1.54, 1.807) is 18.2 Å². The third-order valence-corrected chi connectivity index (χ3v) is 4.56. The maximum absolute atomic E-state index is 11.9. The highest BCUT2D eigenvalue weighted by Crippen LogP contribution is 2.27. The smallest absolute Gasteiger partial charge is 0.258 e. The van der Waals surface area contributed by atoms with Gasteiger partial charge in [0.05, 0.1) is 11.3 Å². The van der Waals surface area contributed by atoms with Crippen molar-refractivity contribution < 1.29 is 5.11 Å². The lowest BCUT2D eigenvalue weighted by molar-refractivity contribution is 0.452. The molecule has 0 atom stereocenters. The van der Waals surface area contributed by atoms with Gasteiger partial charge in [-0.1, -0.05) is 48.5 Å². The lowest BCUT2D eigenvalue weighted by Gasteiger charge is -2.03. The molecule has 0 radical (unpaired) electrons. The second-order valence-electron chi connectivity index (χ2n) is 5.40. The Morgan fingerprint density at radius 3 is 2.56 bits per heavy atom. The van der Waals surface area contributed by atoms with Crippen LogP contribution in [0, 0.1) is 0 Å². The Labute approximate surface area is 147 Å². The average molecular weight is 347 g/mol. The molecular formula is C19H13N3O2S. The Hall–Kier alpha value is -3.25. The van der Waals surface area contributed by atoms with Crippen LogP contribution in [-0.4, -0.2) is 21.3 Å². The van der Waals surface area contributed by atoms with Crippen molar-refractivity contribution in [3.8, 4) is 17.1 Å². The van der Waals surface area contributed by atoms with E-state index >= 15 is 0 Å². The molecule has 25 heavy (non-hydrogen) atoms. The molecule has 0 aliphatic carbocycles. The van der Waals surface area contributed by atoms with E-state index < -0.39 is 0 Å². The number of aromatic hydroxyl groups is 1. The number of benzene rings is 2. The SMILES string of the molecule is O=c1[nH]c(O)c(/C=N/c2nc(-c3ccccc3)cs2)c2ccccc12. The Bertz CT molecular complexity index is 1130. The van der Waals surface area contributed by atoms with E-state index in [0.29, 0.717) is 21.5 Å². The zero-order chi connectivity index (χ0) is 17.2. The monoisotopic (exact) mass is 347 g/mol. The van der Waals surface area contributed by atoms with Crippen LogP contribution in [0.15, 0.2) is 69.8 Å². The Kier molecular flexibility index (Phi) is 3.87. The number of aromatic nitrogens is 2. The highest BCUT2D eigenvalue weighted by atomic mass is 32.1. The molecule has 5 nitrogen and oxygen atoms in total. The number of fused-ring (bicyclic) bond motifs is 1. The number of aliphatic imine (C=N–C) groups is 1. The fourth-order valence-corrected chi connectivity index (χ4v) is 3.27. The van der Waals surface area contributed by atoms with Gasteiger partial charge >= 0.3 is 0 Å². The van der Waals surface area contributed by atoms with Crippen molar-refractivity contribution in [2.45, 2.75) is 0 Å². The predicted molar refractivity (Wildman–Crippen MR) is 101 cm³/mol. The van der Waals surface area contributed by atoms with Crippen LogP contribution in [0.1, 0.15) is 5.56 Å². The molecule has 0 spiro atoms. The minimum Gasteiger partial charge on any atom is -0.494 e. The number of H-pyrrole nitrogens is 1. The summed E-state index contributed by atoms with van der Waals surface area (Å²) in [6, 6.07) is 16.9. The topological polar surface area (TPSA) is 78.3 Å². The van der Waals surface area contributed by atoms with Gasteiger partial charge in [0.25, 0.3) is 5.56 Å². The van der Waals surface area contributed by atoms with Gasteiger partial charge in [-0.2, -0.15) is 0 Å². The number of rotatable bonds is 3. The van der Waals surface area contributed by atoms with Gasteiger partial charge in [-0.25, -0.2) is 9.98 Å². The van der Waals surface area contributed by atoms with Crippen molar-refractivity contribution in [2.75, 3.05) is 0 Å². The van der Waals surface area contributed by atoms with Crippen molar-refractivity contribution in [3.05, 3.63) is 75.9 Å². The minimum atomic E-state index is -0.328. The Morgan fingerprint density at radius 1 is 1.04 bits per heavy atom. The van der Waals surface area contributed by atoms with Crippen LogP contribution in [-0.2, 0) is 0 Å². The molecule has 4 aromatic rings. The first-order valence-corrected chi connectivity index (χ1v) is 8.49. The fourth-order valence-electron chi connectivity index (χ4n) is 2.60. The lowest BCUT2D eigenvalue weighted by atomic mass is 10.1. The molecule has 6 heteroatoms. The summed E-state index contributed by atoms with van der Waals surface area (Å²) in [5.74, 6) is -0.202. The van der Waals surface area contributed by atoms with E-state index in [-0.39, 0.29) is 11.4 Å². The van der Waals surface area contributed by atoms with E-state index in [4.69, 9.17) is 0 Å². The van der Waals surface area contributed by atoms with Crippen molar-refractivity contribution in [1.29, 1.82) is 0 Å². The van der Waals surface area contributed by atoms with Crippen LogP contribution in [0.2, 0.25) is 0 Å². The number of nitrogens with zero attached hydrogens (tertiary/aromatic N) is 2. The molecule has 2 aromatic heterocycles. The zero-order valence-electron chi connectivity index (χ0n) is 13.0. The molecule has 2 aromatic carbocycles. The number of thiazole rings is 1. The van der Waals surface area contributed by atoms with E-state index in [1.165, 1.54) is 17.6 Å². The van der Waals surface area contributed by atoms with Crippen LogP contribution in [0.25, 0.3) is 22.0 Å². The summed E-state index contributed by atoms with van der Waals surface area (Å²) in [6.07, 6.45) is 1.53. The van der Waals surface area contributed by atoms with Gasteiger partial charge in [0.2, 0.25) is 11.0 Å². The first-order valence-electron chi connectivity index (χ1n) is 7.61. The van der Waals surface area contributed by atoms with Crippen LogP contribution in [0.3, 0.4) is 0 Å². The zero-order valence-corrected chi connectivity index (χ0v) is 13.8. The quantitative estimate of drug-likeness (QED) is 0.548. The summed E-state index contributed by atoms with van der Waals surface area (Å²) in [7, 11) is 0. The van der Waals surface area contributed by atoms with Gasteiger partial charge in [0.15, 0.2) is 0 Å². The molecular weight excluding hydrogens is 334 g/mol. The highest BCUT2D eigenvalue weighted by molar-refractivity contribution is 7.13. The first kappa shape index (κ1) is 15.3. The van der Waals surface area contributed by atoms with Crippen LogP contribution < -0.4 is 5.56 Å².